The standard InChI is InChI=1S/C32H38O6/c1-23(33)7-5-3-2-4-6-8-27(34)14-9-24-10-18-31(37)32(21-24)38-20-19-26-13-17-29(36)22-30(26)25-11-15-28(35)16-12-25/h6,8,10-13,15-18,21-23,33,35-37H,2-5,7,9,14,19-20H2,1H3/b8-6+/t23-/m0/s1. The molecule has 202 valence electrons. The molecule has 0 aliphatic carbocycles. The fourth-order valence-corrected chi connectivity index (χ4v) is 4.24. The monoisotopic (exact) mass is 518 g/mol. The van der Waals surface area contributed by atoms with Gasteiger partial charge < -0.3 is 25.2 Å². The second kappa shape index (κ2) is 14.8. The molecule has 3 aromatic carbocycles. The SMILES string of the molecule is C[C@H](O)CCCCC/C=C/C(=O)CCc1ccc(O)c(OCCc2ccc(O)cc2-c2ccc(O)cc2)c1. The molecular weight excluding hydrogens is 480 g/mol. The molecule has 0 radical (unpaired) electrons. The lowest BCUT2D eigenvalue weighted by molar-refractivity contribution is -0.114. The summed E-state index contributed by atoms with van der Waals surface area (Å²) in [5.41, 5.74) is 3.59. The lowest BCUT2D eigenvalue weighted by Crippen LogP contribution is -2.04. The van der Waals surface area contributed by atoms with Crippen LogP contribution < -0.4 is 4.74 Å². The van der Waals surface area contributed by atoms with Crippen LogP contribution in [-0.2, 0) is 17.6 Å². The van der Waals surface area contributed by atoms with E-state index in [1.165, 1.54) is 0 Å². The number of aliphatic hydroxyl groups excluding tert-OH is 1. The van der Waals surface area contributed by atoms with Crippen molar-refractivity contribution in [2.45, 2.75) is 64.4 Å². The van der Waals surface area contributed by atoms with Crippen LogP contribution in [0.25, 0.3) is 11.1 Å². The van der Waals surface area contributed by atoms with Crippen molar-refractivity contribution >= 4 is 5.78 Å². The maximum Gasteiger partial charge on any atom is 0.161 e. The lowest BCUT2D eigenvalue weighted by Gasteiger charge is -2.13. The summed E-state index contributed by atoms with van der Waals surface area (Å²) in [7, 11) is 0. The van der Waals surface area contributed by atoms with Gasteiger partial charge in [-0.25, -0.2) is 0 Å². The van der Waals surface area contributed by atoms with Crippen LogP contribution in [0, 0.1) is 0 Å². The molecule has 0 fully saturated rings. The molecular formula is C32H38O6. The molecule has 0 bridgehead atoms. The highest BCUT2D eigenvalue weighted by molar-refractivity contribution is 5.89. The first-order chi connectivity index (χ1) is 18.3. The molecule has 6 nitrogen and oxygen atoms in total. The number of hydrogen-bond donors (Lipinski definition) is 4. The number of phenols is 3. The molecule has 6 heteroatoms. The first-order valence-corrected chi connectivity index (χ1v) is 13.2. The molecule has 38 heavy (non-hydrogen) atoms. The van der Waals surface area contributed by atoms with Gasteiger partial charge in [-0.2, -0.15) is 0 Å². The number of unbranched alkanes of at least 4 members (excludes halogenated alkanes) is 3. The maximum atomic E-state index is 12.2. The second-order valence-electron chi connectivity index (χ2n) is 9.64. The van der Waals surface area contributed by atoms with Crippen LogP contribution in [0.2, 0.25) is 0 Å². The smallest absolute Gasteiger partial charge is 0.161 e. The van der Waals surface area contributed by atoms with E-state index in [2.05, 4.69) is 0 Å². The number of carbonyl (C=O) groups is 1. The molecule has 0 aromatic heterocycles. The third kappa shape index (κ3) is 9.60. The van der Waals surface area contributed by atoms with Crippen molar-refractivity contribution in [1.82, 2.24) is 0 Å². The summed E-state index contributed by atoms with van der Waals surface area (Å²) in [5, 5.41) is 39.1. The van der Waals surface area contributed by atoms with E-state index in [0.29, 0.717) is 31.6 Å². The Morgan fingerprint density at radius 3 is 2.42 bits per heavy atom. The summed E-state index contributed by atoms with van der Waals surface area (Å²) >= 11 is 0. The highest BCUT2D eigenvalue weighted by Crippen LogP contribution is 2.31. The molecule has 0 amide bonds. The maximum absolute atomic E-state index is 12.2. The molecule has 0 unspecified atom stereocenters. The van der Waals surface area contributed by atoms with Gasteiger partial charge in [0.2, 0.25) is 0 Å². The first-order valence-electron chi connectivity index (χ1n) is 13.2. The first kappa shape index (κ1) is 28.8. The molecule has 3 rings (SSSR count). The van der Waals surface area contributed by atoms with Gasteiger partial charge in [0, 0.05) is 12.8 Å². The number of ether oxygens (including phenoxy) is 1. The van der Waals surface area contributed by atoms with Gasteiger partial charge in [-0.1, -0.05) is 43.2 Å². The van der Waals surface area contributed by atoms with Crippen LogP contribution in [0.5, 0.6) is 23.0 Å². The topological polar surface area (TPSA) is 107 Å². The van der Waals surface area contributed by atoms with Gasteiger partial charge in [0.25, 0.3) is 0 Å². The molecule has 0 saturated heterocycles. The number of rotatable bonds is 15. The van der Waals surface area contributed by atoms with Crippen LogP contribution >= 0.6 is 0 Å². The predicted molar refractivity (Wildman–Crippen MR) is 150 cm³/mol. The molecule has 4 N–H and O–H groups in total. The molecule has 0 heterocycles. The van der Waals surface area contributed by atoms with Crippen LogP contribution in [0.4, 0.5) is 0 Å². The Hall–Kier alpha value is -3.77. The minimum absolute atomic E-state index is 0.0417. The van der Waals surface area contributed by atoms with Gasteiger partial charge >= 0.3 is 0 Å². The Labute approximate surface area is 224 Å². The fourth-order valence-electron chi connectivity index (χ4n) is 4.24. The van der Waals surface area contributed by atoms with Crippen molar-refractivity contribution in [1.29, 1.82) is 0 Å². The van der Waals surface area contributed by atoms with Crippen molar-refractivity contribution in [2.24, 2.45) is 0 Å². The Bertz CT molecular complexity index is 1200. The summed E-state index contributed by atoms with van der Waals surface area (Å²) in [6.45, 7) is 2.11. The van der Waals surface area contributed by atoms with Crippen LogP contribution in [-0.4, -0.2) is 38.9 Å². The van der Waals surface area contributed by atoms with E-state index in [1.54, 1.807) is 67.6 Å². The van der Waals surface area contributed by atoms with E-state index >= 15 is 0 Å². The van der Waals surface area contributed by atoms with E-state index < -0.39 is 0 Å². The number of carbonyl (C=O) groups excluding carboxylic acids is 1. The summed E-state index contributed by atoms with van der Waals surface area (Å²) in [6.07, 6.45) is 9.53. The highest BCUT2D eigenvalue weighted by Gasteiger charge is 2.10. The van der Waals surface area contributed by atoms with Crippen LogP contribution in [0.15, 0.2) is 72.8 Å². The van der Waals surface area contributed by atoms with Gasteiger partial charge in [-0.05, 0) is 97.3 Å². The number of benzene rings is 3. The third-order valence-corrected chi connectivity index (χ3v) is 6.38. The zero-order valence-electron chi connectivity index (χ0n) is 22.0. The van der Waals surface area contributed by atoms with E-state index in [0.717, 1.165) is 54.4 Å². The second-order valence-corrected chi connectivity index (χ2v) is 9.64. The van der Waals surface area contributed by atoms with Crippen LogP contribution in [0.1, 0.15) is 56.6 Å². The van der Waals surface area contributed by atoms with E-state index in [9.17, 15) is 25.2 Å². The predicted octanol–water partition coefficient (Wildman–Crippen LogP) is 6.48. The molecule has 0 aliphatic heterocycles. The summed E-state index contributed by atoms with van der Waals surface area (Å²) in [4.78, 5) is 12.2. The number of ketones is 1. The number of aromatic hydroxyl groups is 3. The largest absolute Gasteiger partial charge is 0.508 e. The minimum Gasteiger partial charge on any atom is -0.508 e. The third-order valence-electron chi connectivity index (χ3n) is 6.38. The van der Waals surface area contributed by atoms with Gasteiger partial charge in [-0.15, -0.1) is 0 Å². The Morgan fingerprint density at radius 2 is 1.66 bits per heavy atom. The molecule has 0 aliphatic rings. The van der Waals surface area contributed by atoms with E-state index in [1.807, 2.05) is 12.1 Å². The molecule has 3 aromatic rings. The highest BCUT2D eigenvalue weighted by atomic mass is 16.5. The van der Waals surface area contributed by atoms with Crippen molar-refractivity contribution in [3.8, 4) is 34.1 Å². The molecule has 0 spiro atoms. The molecule has 0 saturated carbocycles. The summed E-state index contributed by atoms with van der Waals surface area (Å²) in [5.74, 6) is 0.804. The van der Waals surface area contributed by atoms with Gasteiger partial charge in [0.05, 0.1) is 12.7 Å². The number of phenolic OH excluding ortho intramolecular Hbond substituents is 3. The average Bonchev–Trinajstić information content (AvgIpc) is 2.89. The van der Waals surface area contributed by atoms with Gasteiger partial charge in [0.15, 0.2) is 17.3 Å². The lowest BCUT2D eigenvalue weighted by atomic mass is 9.97. The number of allylic oxidation sites excluding steroid dienone is 2. The Kier molecular flexibility index (Phi) is 11.2. The molecule has 1 atom stereocenters. The fraction of sp³-hybridized carbons (Fsp3) is 0.344. The Balaban J connectivity index is 1.49. The number of aryl methyl sites for hydroxylation is 1. The summed E-state index contributed by atoms with van der Waals surface area (Å²) in [6, 6.07) is 17.1. The van der Waals surface area contributed by atoms with Crippen molar-refractivity contribution in [3.05, 3.63) is 83.9 Å². The van der Waals surface area contributed by atoms with Gasteiger partial charge in [-0.3, -0.25) is 4.79 Å². The average molecular weight is 519 g/mol. The van der Waals surface area contributed by atoms with Crippen molar-refractivity contribution in [3.63, 3.8) is 0 Å². The Morgan fingerprint density at radius 1 is 0.895 bits per heavy atom. The zero-order chi connectivity index (χ0) is 27.3. The van der Waals surface area contributed by atoms with Gasteiger partial charge in [0.1, 0.15) is 11.5 Å². The number of aliphatic hydroxyl groups is 1. The zero-order valence-corrected chi connectivity index (χ0v) is 22.0. The van der Waals surface area contributed by atoms with Crippen LogP contribution in [0.3, 0.4) is 0 Å². The summed E-state index contributed by atoms with van der Waals surface area (Å²) < 4.78 is 5.89. The van der Waals surface area contributed by atoms with E-state index in [-0.39, 0.29) is 29.1 Å². The van der Waals surface area contributed by atoms with Crippen molar-refractivity contribution < 1.29 is 30.0 Å². The minimum atomic E-state index is -0.248. The number of hydrogen-bond acceptors (Lipinski definition) is 6. The van der Waals surface area contributed by atoms with Crippen molar-refractivity contribution in [2.75, 3.05) is 6.61 Å². The quantitative estimate of drug-likeness (QED) is 0.135. The normalized spacial score (nSPS) is 12.1. The van der Waals surface area contributed by atoms with E-state index in [4.69, 9.17) is 4.74 Å².